The van der Waals surface area contributed by atoms with Crippen molar-refractivity contribution < 1.29 is 24.0 Å². The highest BCUT2D eigenvalue weighted by molar-refractivity contribution is 9.11. The molecule has 0 amide bonds. The van der Waals surface area contributed by atoms with Crippen LogP contribution in [0.2, 0.25) is 0 Å². The fourth-order valence-corrected chi connectivity index (χ4v) is 18.8. The topological polar surface area (TPSA) is 214 Å². The van der Waals surface area contributed by atoms with Gasteiger partial charge in [0, 0.05) is 176 Å². The number of hydrogen-bond acceptors (Lipinski definition) is 20. The molecule has 0 bridgehead atoms. The van der Waals surface area contributed by atoms with E-state index in [0.717, 1.165) is 120 Å². The summed E-state index contributed by atoms with van der Waals surface area (Å²) in [6.45, 7) is 19.7. The first-order valence-corrected chi connectivity index (χ1v) is 44.3. The molecule has 0 atom stereocenters. The van der Waals surface area contributed by atoms with E-state index in [4.69, 9.17) is 0 Å². The molecule has 15 nitrogen and oxygen atoms in total. The van der Waals surface area contributed by atoms with Crippen molar-refractivity contribution in [1.29, 1.82) is 0 Å². The Morgan fingerprint density at radius 1 is 0.254 bits per heavy atom. The third-order valence-corrected chi connectivity index (χ3v) is 26.9. The summed E-state index contributed by atoms with van der Waals surface area (Å²) in [4.78, 5) is 112. The molecule has 5 aromatic carbocycles. The van der Waals surface area contributed by atoms with E-state index in [2.05, 4.69) is 97.6 Å². The van der Waals surface area contributed by atoms with E-state index in [-0.39, 0.29) is 28.9 Å². The fraction of sp³-hybridized carbons (Fsp3) is 0.211. The van der Waals surface area contributed by atoms with E-state index < -0.39 is 23.7 Å². The molecule has 0 saturated heterocycles. The van der Waals surface area contributed by atoms with E-state index in [1.54, 1.807) is 139 Å². The normalized spacial score (nSPS) is 11.6. The zero-order valence-corrected chi connectivity index (χ0v) is 75.7. The van der Waals surface area contributed by atoms with Crippen molar-refractivity contribution in [2.45, 2.75) is 150 Å². The predicted molar refractivity (Wildman–Crippen MR) is 496 cm³/mol. The number of pyridine rings is 10. The minimum Gasteiger partial charge on any atom is -0.298 e. The molecule has 0 aliphatic carbocycles. The lowest BCUT2D eigenvalue weighted by atomic mass is 10.0. The van der Waals surface area contributed by atoms with Crippen molar-refractivity contribution in [2.24, 2.45) is 0 Å². The van der Waals surface area contributed by atoms with Crippen LogP contribution < -0.4 is 0 Å². The van der Waals surface area contributed by atoms with E-state index in [1.807, 2.05) is 275 Å². The molecule has 0 N–H and O–H groups in total. The number of fused-ring (bicyclic) bond motifs is 5. The van der Waals surface area contributed by atoms with Crippen LogP contribution in [0, 0.1) is 0 Å². The van der Waals surface area contributed by atoms with Crippen LogP contribution in [0.15, 0.2) is 325 Å². The van der Waals surface area contributed by atoms with Gasteiger partial charge < -0.3 is 0 Å². The smallest absolute Gasteiger partial charge is 0.154 e. The summed E-state index contributed by atoms with van der Waals surface area (Å²) in [6.07, 6.45) is 24.7. The zero-order valence-electron chi connectivity index (χ0n) is 66.9. The van der Waals surface area contributed by atoms with Gasteiger partial charge in [0.2, 0.25) is 0 Å². The molecule has 10 heterocycles. The molecule has 15 aromatic rings. The number of Topliss-reactive ketones (excluding diaryl/α,β-unsaturated/α-hetero) is 5. The Bertz CT molecular complexity index is 5500. The third-order valence-electron chi connectivity index (χ3n) is 18.8. The van der Waals surface area contributed by atoms with Crippen LogP contribution in [-0.4, -0.2) is 102 Å². The largest absolute Gasteiger partial charge is 0.298 e. The molecular weight excluding hydrogens is 1760 g/mol. The second-order valence-corrected chi connectivity index (χ2v) is 40.9. The van der Waals surface area contributed by atoms with E-state index in [1.165, 1.54) is 0 Å². The molecule has 0 saturated carbocycles. The van der Waals surface area contributed by atoms with E-state index in [0.29, 0.717) is 32.1 Å². The first-order valence-electron chi connectivity index (χ1n) is 37.9. The number of carbonyl (C=O) groups is 5. The monoisotopic (exact) mass is 1840 g/mol. The number of para-hydroxylation sites is 2. The van der Waals surface area contributed by atoms with Gasteiger partial charge in [-0.15, -0.1) is 58.8 Å². The molecular formula is C95H87Br3N10O5S5. The number of benzene rings is 5. The number of halogens is 3. The van der Waals surface area contributed by atoms with Gasteiger partial charge in [-0.2, -0.15) is 0 Å². The van der Waals surface area contributed by atoms with Crippen LogP contribution in [0.25, 0.3) is 54.5 Å². The summed E-state index contributed by atoms with van der Waals surface area (Å²) in [7, 11) is 0. The summed E-state index contributed by atoms with van der Waals surface area (Å²) in [5.41, 5.74) is 9.24. The van der Waals surface area contributed by atoms with Gasteiger partial charge in [-0.25, -0.2) is 0 Å². The second-order valence-electron chi connectivity index (χ2n) is 29.8. The lowest BCUT2D eigenvalue weighted by Gasteiger charge is -2.23. The lowest BCUT2D eigenvalue weighted by Crippen LogP contribution is -2.29. The van der Waals surface area contributed by atoms with Gasteiger partial charge in [0.25, 0.3) is 0 Å². The average Bonchev–Trinajstić information content (AvgIpc) is 0.819. The van der Waals surface area contributed by atoms with Gasteiger partial charge in [0.05, 0.1) is 64.2 Å². The molecule has 0 fully saturated rings. The van der Waals surface area contributed by atoms with Crippen LogP contribution in [0.3, 0.4) is 0 Å². The molecule has 23 heteroatoms. The maximum absolute atomic E-state index is 12.8. The summed E-state index contributed by atoms with van der Waals surface area (Å²) in [6, 6.07) is 66.5. The number of ketones is 5. The standard InChI is InChI=1S/3C19H17BrN2OS.2C19H18N2OS/c1-19(2,18(23)11-13-5-8-21-9-6-13)24-17-7-10-22-16-4-3-14(20)12-15(16)17;1-19(2,18(23)10-13-4-3-8-21-12-13)24-17-7-9-22-16-6-5-14(20)11-15(16)17;1-19(2,18(23)12-14-5-3-4-9-21-14)24-17-8-10-22-16-7-6-13(20)11-15(16)17;1-19(2,18(22)13-14-7-5-6-11-20-14)23-17-10-12-21-16-9-4-3-8-15(16)17;1-19(2,18(22)13-14-7-10-20-11-8-14)23-17-9-12-21-16-6-4-3-5-15(16)17/h3-10,12H,11H2,1-2H3;3-9,11-12H,10H2,1-2H3;3-11H,12H2,1-2H3;2*3-12H,13H2,1-2H3. The highest BCUT2D eigenvalue weighted by atomic mass is 79.9. The summed E-state index contributed by atoms with van der Waals surface area (Å²) < 4.78 is 0.368. The number of aromatic nitrogens is 10. The number of carbonyl (C=O) groups excluding carboxylic acids is 5. The predicted octanol–water partition coefficient (Wildman–Crippen LogP) is 23.8. The Labute approximate surface area is 735 Å². The molecule has 0 spiro atoms. The molecule has 0 aliphatic rings. The number of nitrogens with zero attached hydrogens (tertiary/aromatic N) is 10. The SMILES string of the molecule is CC(C)(Sc1ccnc2ccc(Br)cc12)C(=O)Cc1ccccn1.CC(C)(Sc1ccnc2ccc(Br)cc12)C(=O)Cc1cccnc1.CC(C)(Sc1ccnc2ccc(Br)cc12)C(=O)Cc1ccncc1.CC(C)(Sc1ccnc2ccccc12)C(=O)Cc1ccccn1.CC(C)(Sc1ccnc2ccccc12)C(=O)Cc1ccncc1. The Morgan fingerprint density at radius 3 is 0.847 bits per heavy atom. The van der Waals surface area contributed by atoms with Gasteiger partial charge in [-0.05, 0) is 238 Å². The quantitative estimate of drug-likeness (QED) is 0.0486. The first-order chi connectivity index (χ1) is 56.5. The third kappa shape index (κ3) is 25.3. The van der Waals surface area contributed by atoms with Crippen molar-refractivity contribution in [3.8, 4) is 0 Å². The summed E-state index contributed by atoms with van der Waals surface area (Å²) in [5, 5.41) is 5.33. The molecule has 118 heavy (non-hydrogen) atoms. The number of thioether (sulfide) groups is 5. The maximum atomic E-state index is 12.8. The van der Waals surface area contributed by atoms with Crippen molar-refractivity contribution in [2.75, 3.05) is 0 Å². The zero-order chi connectivity index (χ0) is 84.0. The Hall–Kier alpha value is -9.56. The van der Waals surface area contributed by atoms with Crippen LogP contribution in [0.5, 0.6) is 0 Å². The van der Waals surface area contributed by atoms with Crippen LogP contribution in [0.1, 0.15) is 97.3 Å². The minimum atomic E-state index is -0.547. The van der Waals surface area contributed by atoms with Crippen molar-refractivity contribution in [1.82, 2.24) is 49.8 Å². The molecule has 0 unspecified atom stereocenters. The molecule has 15 rings (SSSR count). The van der Waals surface area contributed by atoms with Gasteiger partial charge >= 0.3 is 0 Å². The second kappa shape index (κ2) is 41.4. The number of hydrogen-bond donors (Lipinski definition) is 0. The Balaban J connectivity index is 0.000000145. The molecule has 10 aromatic heterocycles. The summed E-state index contributed by atoms with van der Waals surface area (Å²) >= 11 is 18.4. The minimum absolute atomic E-state index is 0.158. The molecule has 598 valence electrons. The molecule has 0 radical (unpaired) electrons. The van der Waals surface area contributed by atoms with Crippen molar-refractivity contribution >= 4 is 190 Å². The Morgan fingerprint density at radius 2 is 0.542 bits per heavy atom. The van der Waals surface area contributed by atoms with Gasteiger partial charge in [-0.3, -0.25) is 73.8 Å². The van der Waals surface area contributed by atoms with E-state index in [9.17, 15) is 24.0 Å². The van der Waals surface area contributed by atoms with Crippen LogP contribution in [-0.2, 0) is 56.1 Å². The maximum Gasteiger partial charge on any atom is 0.154 e. The van der Waals surface area contributed by atoms with Crippen molar-refractivity contribution in [3.05, 3.63) is 328 Å². The number of rotatable bonds is 25. The fourth-order valence-electron chi connectivity index (χ4n) is 12.0. The lowest BCUT2D eigenvalue weighted by molar-refractivity contribution is -0.120. The highest BCUT2D eigenvalue weighted by Gasteiger charge is 2.34. The van der Waals surface area contributed by atoms with Gasteiger partial charge in [0.1, 0.15) is 0 Å². The summed E-state index contributed by atoms with van der Waals surface area (Å²) in [5.74, 6) is 0.905. The van der Waals surface area contributed by atoms with Gasteiger partial charge in [-0.1, -0.05) is 102 Å². The van der Waals surface area contributed by atoms with Crippen LogP contribution in [0.4, 0.5) is 0 Å². The average molecular weight is 1850 g/mol. The molecule has 0 aliphatic heterocycles. The van der Waals surface area contributed by atoms with E-state index >= 15 is 0 Å². The Kier molecular flexibility index (Phi) is 31.3. The van der Waals surface area contributed by atoms with Gasteiger partial charge in [0.15, 0.2) is 28.9 Å². The first kappa shape index (κ1) is 89.2. The van der Waals surface area contributed by atoms with Crippen LogP contribution >= 0.6 is 107 Å². The highest BCUT2D eigenvalue weighted by Crippen LogP contribution is 2.44. The van der Waals surface area contributed by atoms with Crippen molar-refractivity contribution in [3.63, 3.8) is 0 Å².